The number of nitrogens with one attached hydrogen (secondary N) is 1. The summed E-state index contributed by atoms with van der Waals surface area (Å²) < 4.78 is 13.4. The lowest BCUT2D eigenvalue weighted by atomic mass is 10.2. The molecule has 2 rings (SSSR count). The second-order valence-corrected chi connectivity index (χ2v) is 4.97. The van der Waals surface area contributed by atoms with Crippen LogP contribution in [-0.4, -0.2) is 21.9 Å². The Kier molecular flexibility index (Phi) is 3.87. The van der Waals surface area contributed by atoms with Crippen molar-refractivity contribution in [3.05, 3.63) is 29.2 Å². The molecule has 1 unspecified atom stereocenters. The predicted octanol–water partition coefficient (Wildman–Crippen LogP) is 1.94. The first-order valence-corrected chi connectivity index (χ1v) is 6.50. The van der Waals surface area contributed by atoms with Crippen molar-refractivity contribution < 1.29 is 9.18 Å². The van der Waals surface area contributed by atoms with Gasteiger partial charge in [0.1, 0.15) is 16.6 Å². The molecule has 0 saturated carbocycles. The van der Waals surface area contributed by atoms with E-state index < -0.39 is 6.04 Å². The van der Waals surface area contributed by atoms with Gasteiger partial charge in [-0.3, -0.25) is 9.78 Å². The summed E-state index contributed by atoms with van der Waals surface area (Å²) in [5, 5.41) is 4.84. The number of pyridine rings is 1. The smallest absolute Gasteiger partial charge is 0.242 e. The molecule has 0 bridgehead atoms. The molecule has 0 fully saturated rings. The molecular weight excluding hydrogens is 267 g/mol. The van der Waals surface area contributed by atoms with Gasteiger partial charge in [0.05, 0.1) is 11.7 Å². The second-order valence-electron chi connectivity index (χ2n) is 4.11. The number of carbonyl (C=O) groups is 1. The Labute approximate surface area is 113 Å². The monoisotopic (exact) mass is 280 g/mol. The van der Waals surface area contributed by atoms with Crippen LogP contribution in [0.25, 0.3) is 10.6 Å². The fourth-order valence-corrected chi connectivity index (χ4v) is 2.06. The summed E-state index contributed by atoms with van der Waals surface area (Å²) in [7, 11) is 0. The van der Waals surface area contributed by atoms with E-state index in [4.69, 9.17) is 5.73 Å². The quantitative estimate of drug-likeness (QED) is 0.900. The molecule has 2 aromatic heterocycles. The van der Waals surface area contributed by atoms with Crippen LogP contribution in [0.4, 0.5) is 10.2 Å². The third-order valence-corrected chi connectivity index (χ3v) is 3.33. The van der Waals surface area contributed by atoms with E-state index in [9.17, 15) is 9.18 Å². The number of hydrogen-bond donors (Lipinski definition) is 2. The molecular formula is C12H13FN4OS. The Morgan fingerprint density at radius 1 is 1.58 bits per heavy atom. The largest absolute Gasteiger partial charge is 0.320 e. The summed E-state index contributed by atoms with van der Waals surface area (Å²) in [6.45, 7) is 3.18. The molecule has 0 spiro atoms. The molecule has 2 aromatic rings. The van der Waals surface area contributed by atoms with Crippen molar-refractivity contribution in [3.8, 4) is 10.6 Å². The van der Waals surface area contributed by atoms with Gasteiger partial charge in [0, 0.05) is 17.1 Å². The van der Waals surface area contributed by atoms with Gasteiger partial charge in [0.2, 0.25) is 5.91 Å². The zero-order valence-corrected chi connectivity index (χ0v) is 11.3. The number of thiazole rings is 1. The average molecular weight is 280 g/mol. The van der Waals surface area contributed by atoms with Crippen LogP contribution in [0.15, 0.2) is 17.6 Å². The Morgan fingerprint density at radius 2 is 2.32 bits per heavy atom. The highest BCUT2D eigenvalue weighted by molar-refractivity contribution is 7.13. The minimum atomic E-state index is -0.608. The maximum atomic E-state index is 13.4. The summed E-state index contributed by atoms with van der Waals surface area (Å²) in [5.74, 6) is -0.290. The fraction of sp³-hybridized carbons (Fsp3) is 0.250. The van der Waals surface area contributed by atoms with Crippen molar-refractivity contribution in [1.82, 2.24) is 9.97 Å². The van der Waals surface area contributed by atoms with Gasteiger partial charge in [-0.1, -0.05) is 0 Å². The first-order chi connectivity index (χ1) is 8.97. The van der Waals surface area contributed by atoms with Crippen molar-refractivity contribution in [2.45, 2.75) is 19.9 Å². The lowest BCUT2D eigenvalue weighted by Gasteiger charge is -2.03. The van der Waals surface area contributed by atoms with E-state index in [1.165, 1.54) is 17.4 Å². The van der Waals surface area contributed by atoms with E-state index in [1.54, 1.807) is 25.4 Å². The normalized spacial score (nSPS) is 12.2. The second kappa shape index (κ2) is 5.41. The average Bonchev–Trinajstić information content (AvgIpc) is 2.81. The number of anilines is 1. The van der Waals surface area contributed by atoms with E-state index in [0.717, 1.165) is 0 Å². The number of aryl methyl sites for hydroxylation is 1. The van der Waals surface area contributed by atoms with Crippen molar-refractivity contribution in [2.24, 2.45) is 5.73 Å². The lowest BCUT2D eigenvalue weighted by molar-refractivity contribution is -0.117. The van der Waals surface area contributed by atoms with E-state index in [0.29, 0.717) is 22.1 Å². The third-order valence-electron chi connectivity index (χ3n) is 2.44. The van der Waals surface area contributed by atoms with E-state index in [2.05, 4.69) is 15.3 Å². The number of hydrogen-bond acceptors (Lipinski definition) is 5. The zero-order chi connectivity index (χ0) is 14.0. The van der Waals surface area contributed by atoms with Crippen LogP contribution in [0.5, 0.6) is 0 Å². The molecule has 3 N–H and O–H groups in total. The number of rotatable bonds is 3. The van der Waals surface area contributed by atoms with Gasteiger partial charge < -0.3 is 11.1 Å². The van der Waals surface area contributed by atoms with Gasteiger partial charge in [-0.05, 0) is 19.9 Å². The van der Waals surface area contributed by atoms with Crippen molar-refractivity contribution in [2.75, 3.05) is 5.32 Å². The predicted molar refractivity (Wildman–Crippen MR) is 72.3 cm³/mol. The number of amides is 1. The van der Waals surface area contributed by atoms with E-state index in [-0.39, 0.29) is 11.7 Å². The Morgan fingerprint density at radius 3 is 2.95 bits per heavy atom. The van der Waals surface area contributed by atoms with Crippen LogP contribution in [0.2, 0.25) is 0 Å². The van der Waals surface area contributed by atoms with E-state index in [1.807, 2.05) is 0 Å². The van der Waals surface area contributed by atoms with Gasteiger partial charge in [0.15, 0.2) is 0 Å². The van der Waals surface area contributed by atoms with Gasteiger partial charge >= 0.3 is 0 Å². The fourth-order valence-electron chi connectivity index (χ4n) is 1.33. The molecule has 7 heteroatoms. The van der Waals surface area contributed by atoms with E-state index >= 15 is 0 Å². The minimum absolute atomic E-state index is 0.315. The molecule has 1 amide bonds. The van der Waals surface area contributed by atoms with Crippen molar-refractivity contribution in [1.29, 1.82) is 0 Å². The van der Waals surface area contributed by atoms with Crippen LogP contribution in [-0.2, 0) is 4.79 Å². The third kappa shape index (κ3) is 3.12. The number of nitrogens with zero attached hydrogens (tertiary/aromatic N) is 2. The number of nitrogens with two attached hydrogens (primary N) is 1. The Hall–Kier alpha value is -1.86. The standard InChI is InChI=1S/C12H13FN4OS/c1-6(14)11(18)16-10-5-19-12(17-10)8-3-9(13)7(2)15-4-8/h3-6H,14H2,1-2H3,(H,16,18). The molecule has 0 saturated heterocycles. The van der Waals surface area contributed by atoms with Crippen LogP contribution in [0.1, 0.15) is 12.6 Å². The summed E-state index contributed by atoms with van der Waals surface area (Å²) in [4.78, 5) is 19.5. The molecule has 0 radical (unpaired) electrons. The zero-order valence-electron chi connectivity index (χ0n) is 10.5. The maximum Gasteiger partial charge on any atom is 0.242 e. The summed E-state index contributed by atoms with van der Waals surface area (Å²) in [6.07, 6.45) is 1.55. The number of carbonyl (C=O) groups excluding carboxylic acids is 1. The van der Waals surface area contributed by atoms with Crippen LogP contribution in [0, 0.1) is 12.7 Å². The summed E-state index contributed by atoms with van der Waals surface area (Å²) in [5.41, 5.74) is 6.36. The maximum absolute atomic E-state index is 13.4. The lowest BCUT2D eigenvalue weighted by Crippen LogP contribution is -2.32. The SMILES string of the molecule is Cc1ncc(-c2nc(NC(=O)C(C)N)cs2)cc1F. The van der Waals surface area contributed by atoms with Crippen LogP contribution in [0.3, 0.4) is 0 Å². The Bertz CT molecular complexity index is 612. The number of halogens is 1. The molecule has 100 valence electrons. The minimum Gasteiger partial charge on any atom is -0.320 e. The highest BCUT2D eigenvalue weighted by Gasteiger charge is 2.12. The first kappa shape index (κ1) is 13.6. The van der Waals surface area contributed by atoms with Gasteiger partial charge in [-0.25, -0.2) is 9.37 Å². The molecule has 0 aliphatic rings. The highest BCUT2D eigenvalue weighted by atomic mass is 32.1. The molecule has 19 heavy (non-hydrogen) atoms. The molecule has 2 heterocycles. The first-order valence-electron chi connectivity index (χ1n) is 5.62. The number of aromatic nitrogens is 2. The summed E-state index contributed by atoms with van der Waals surface area (Å²) in [6, 6.07) is 0.766. The molecule has 0 aliphatic heterocycles. The molecule has 5 nitrogen and oxygen atoms in total. The molecule has 0 aromatic carbocycles. The van der Waals surface area contributed by atoms with Crippen LogP contribution >= 0.6 is 11.3 Å². The Balaban J connectivity index is 2.21. The highest BCUT2D eigenvalue weighted by Crippen LogP contribution is 2.26. The van der Waals surface area contributed by atoms with Crippen molar-refractivity contribution in [3.63, 3.8) is 0 Å². The van der Waals surface area contributed by atoms with Crippen molar-refractivity contribution >= 4 is 23.1 Å². The van der Waals surface area contributed by atoms with Gasteiger partial charge in [-0.2, -0.15) is 0 Å². The van der Waals surface area contributed by atoms with Crippen LogP contribution < -0.4 is 11.1 Å². The molecule has 0 aliphatic carbocycles. The molecule has 1 atom stereocenters. The van der Waals surface area contributed by atoms with Gasteiger partial charge in [-0.15, -0.1) is 11.3 Å². The topological polar surface area (TPSA) is 80.9 Å². The summed E-state index contributed by atoms with van der Waals surface area (Å²) >= 11 is 1.30. The van der Waals surface area contributed by atoms with Gasteiger partial charge in [0.25, 0.3) is 0 Å².